The third-order valence-electron chi connectivity index (χ3n) is 3.52. The van der Waals surface area contributed by atoms with Crippen LogP contribution < -0.4 is 0 Å². The molecule has 0 bridgehead atoms. The Morgan fingerprint density at radius 3 is 1.57 bits per heavy atom. The fourth-order valence-corrected chi connectivity index (χ4v) is 2.12. The van der Waals surface area contributed by atoms with Gasteiger partial charge in [-0.2, -0.15) is 0 Å². The molecule has 0 aliphatic carbocycles. The lowest BCUT2D eigenvalue weighted by Gasteiger charge is -2.28. The number of ketones is 1. The Hall–Kier alpha value is -2.65. The summed E-state index contributed by atoms with van der Waals surface area (Å²) >= 11 is 0. The molecule has 0 aromatic carbocycles. The van der Waals surface area contributed by atoms with E-state index in [1.165, 1.54) is 11.8 Å². The molecule has 0 rings (SSSR count). The molecule has 0 aromatic rings. The van der Waals surface area contributed by atoms with Crippen molar-refractivity contribution in [2.75, 3.05) is 26.2 Å². The first-order chi connectivity index (χ1) is 12.8. The molecule has 2 N–H and O–H groups in total. The summed E-state index contributed by atoms with van der Waals surface area (Å²) in [7, 11) is 0. The molecule has 0 spiro atoms. The van der Waals surface area contributed by atoms with Gasteiger partial charge in [0, 0.05) is 39.0 Å². The smallest absolute Gasteiger partial charge is 0.410 e. The minimum Gasteiger partial charge on any atom is -0.481 e. The summed E-state index contributed by atoms with van der Waals surface area (Å²) in [6.07, 6.45) is -1.33. The molecule has 0 heterocycles. The fraction of sp³-hybridized carbons (Fsp3) is 0.722. The van der Waals surface area contributed by atoms with Crippen LogP contribution in [0.25, 0.3) is 0 Å². The average Bonchev–Trinajstić information content (AvgIpc) is 2.51. The summed E-state index contributed by atoms with van der Waals surface area (Å²) < 4.78 is 5.28. The molecule has 0 fully saturated rings. The van der Waals surface area contributed by atoms with Gasteiger partial charge in [-0.3, -0.25) is 19.2 Å². The highest BCUT2D eigenvalue weighted by Crippen LogP contribution is 2.11. The number of Topliss-reactive ketones (excluding diaryl/α,β-unsaturated/α-hetero) is 1. The van der Waals surface area contributed by atoms with E-state index in [1.807, 2.05) is 0 Å². The van der Waals surface area contributed by atoms with Crippen LogP contribution in [0.4, 0.5) is 4.79 Å². The maximum absolute atomic E-state index is 12.4. The van der Waals surface area contributed by atoms with Gasteiger partial charge in [0.1, 0.15) is 11.4 Å². The van der Waals surface area contributed by atoms with E-state index in [-0.39, 0.29) is 57.6 Å². The van der Waals surface area contributed by atoms with Gasteiger partial charge in [0.15, 0.2) is 0 Å². The van der Waals surface area contributed by atoms with Gasteiger partial charge in [-0.05, 0) is 27.7 Å². The highest BCUT2D eigenvalue weighted by molar-refractivity contribution is 5.79. The van der Waals surface area contributed by atoms with Gasteiger partial charge < -0.3 is 24.7 Å². The Balaban J connectivity index is 4.99. The molecule has 160 valence electrons. The number of ether oxygens (including phenoxy) is 1. The lowest BCUT2D eigenvalue weighted by atomic mass is 10.2. The normalized spacial score (nSPS) is 10.9. The topological polar surface area (TPSA) is 142 Å². The van der Waals surface area contributed by atoms with E-state index < -0.39 is 29.5 Å². The van der Waals surface area contributed by atoms with Gasteiger partial charge in [0.25, 0.3) is 0 Å². The fourth-order valence-electron chi connectivity index (χ4n) is 2.12. The predicted molar refractivity (Wildman–Crippen MR) is 98.8 cm³/mol. The van der Waals surface area contributed by atoms with Gasteiger partial charge in [0.2, 0.25) is 5.91 Å². The summed E-state index contributed by atoms with van der Waals surface area (Å²) in [4.78, 5) is 59.8. The average molecular weight is 402 g/mol. The van der Waals surface area contributed by atoms with E-state index in [0.717, 1.165) is 4.90 Å². The van der Waals surface area contributed by atoms with Crippen molar-refractivity contribution in [2.45, 2.75) is 59.0 Å². The Kier molecular flexibility index (Phi) is 10.8. The molecule has 10 heteroatoms. The number of hydrogen-bond acceptors (Lipinski definition) is 6. The number of rotatable bonds is 12. The second-order valence-corrected chi connectivity index (χ2v) is 7.34. The SMILES string of the molecule is CC(=O)CCN(CCC(=O)N(CCC(=O)O)CCC(=O)O)C(=O)OC(C)(C)C. The van der Waals surface area contributed by atoms with E-state index >= 15 is 0 Å². The zero-order chi connectivity index (χ0) is 21.9. The van der Waals surface area contributed by atoms with Crippen LogP contribution >= 0.6 is 0 Å². The number of carbonyl (C=O) groups excluding carboxylic acids is 3. The van der Waals surface area contributed by atoms with Crippen LogP contribution in [0.1, 0.15) is 53.4 Å². The Morgan fingerprint density at radius 1 is 0.750 bits per heavy atom. The van der Waals surface area contributed by atoms with E-state index in [4.69, 9.17) is 14.9 Å². The quantitative estimate of drug-likeness (QED) is 0.498. The van der Waals surface area contributed by atoms with Crippen LogP contribution in [-0.2, 0) is 23.9 Å². The number of nitrogens with zero attached hydrogens (tertiary/aromatic N) is 2. The molecule has 0 saturated carbocycles. The molecule has 0 atom stereocenters. The zero-order valence-electron chi connectivity index (χ0n) is 16.9. The van der Waals surface area contributed by atoms with Crippen LogP contribution in [0.2, 0.25) is 0 Å². The van der Waals surface area contributed by atoms with Crippen molar-refractivity contribution in [3.63, 3.8) is 0 Å². The standard InChI is InChI=1S/C18H30N2O8/c1-13(21)5-9-20(17(27)28-18(2,3)4)10-6-14(22)19(11-7-15(23)24)12-8-16(25)26/h5-12H2,1-4H3,(H,23,24)(H,25,26). The lowest BCUT2D eigenvalue weighted by molar-refractivity contribution is -0.139. The van der Waals surface area contributed by atoms with E-state index in [1.54, 1.807) is 20.8 Å². The third kappa shape index (κ3) is 12.7. The molecule has 10 nitrogen and oxygen atoms in total. The number of hydrogen-bond donors (Lipinski definition) is 2. The maximum Gasteiger partial charge on any atom is 0.410 e. The van der Waals surface area contributed by atoms with Crippen LogP contribution in [0.3, 0.4) is 0 Å². The van der Waals surface area contributed by atoms with Crippen LogP contribution in [0, 0.1) is 0 Å². The van der Waals surface area contributed by atoms with E-state index in [2.05, 4.69) is 0 Å². The Morgan fingerprint density at radius 2 is 1.18 bits per heavy atom. The summed E-state index contributed by atoms with van der Waals surface area (Å²) in [5.41, 5.74) is -0.745. The summed E-state index contributed by atoms with van der Waals surface area (Å²) in [5.74, 6) is -2.81. The van der Waals surface area contributed by atoms with E-state index in [9.17, 15) is 24.0 Å². The molecule has 0 aromatic heterocycles. The second-order valence-electron chi connectivity index (χ2n) is 7.34. The van der Waals surface area contributed by atoms with Gasteiger partial charge >= 0.3 is 18.0 Å². The minimum absolute atomic E-state index is 0.0301. The monoisotopic (exact) mass is 402 g/mol. The largest absolute Gasteiger partial charge is 0.481 e. The first-order valence-electron chi connectivity index (χ1n) is 9.00. The molecule has 28 heavy (non-hydrogen) atoms. The number of carbonyl (C=O) groups is 5. The molecule has 2 amide bonds. The molecule has 0 aliphatic heterocycles. The summed E-state index contributed by atoms with van der Waals surface area (Å²) in [6, 6.07) is 0. The highest BCUT2D eigenvalue weighted by atomic mass is 16.6. The summed E-state index contributed by atoms with van der Waals surface area (Å²) in [6.45, 7) is 6.27. The van der Waals surface area contributed by atoms with Gasteiger partial charge in [-0.25, -0.2) is 4.79 Å². The molecular formula is C18H30N2O8. The minimum atomic E-state index is -1.11. The first-order valence-corrected chi connectivity index (χ1v) is 9.00. The summed E-state index contributed by atoms with van der Waals surface area (Å²) in [5, 5.41) is 17.6. The molecular weight excluding hydrogens is 372 g/mol. The van der Waals surface area contributed by atoms with Gasteiger partial charge in [0.05, 0.1) is 12.8 Å². The van der Waals surface area contributed by atoms with Gasteiger partial charge in [-0.15, -0.1) is 0 Å². The van der Waals surface area contributed by atoms with Crippen molar-refractivity contribution in [2.24, 2.45) is 0 Å². The highest BCUT2D eigenvalue weighted by Gasteiger charge is 2.24. The third-order valence-corrected chi connectivity index (χ3v) is 3.52. The Bertz CT molecular complexity index is 565. The van der Waals surface area contributed by atoms with Crippen molar-refractivity contribution < 1.29 is 38.9 Å². The van der Waals surface area contributed by atoms with Crippen LogP contribution in [-0.4, -0.2) is 81.5 Å². The molecule has 0 radical (unpaired) electrons. The van der Waals surface area contributed by atoms with Crippen molar-refractivity contribution >= 4 is 29.7 Å². The molecule has 0 unspecified atom stereocenters. The van der Waals surface area contributed by atoms with Crippen molar-refractivity contribution in [1.82, 2.24) is 9.80 Å². The number of aliphatic carboxylic acids is 2. The number of amides is 2. The van der Waals surface area contributed by atoms with E-state index in [0.29, 0.717) is 0 Å². The first kappa shape index (κ1) is 25.4. The number of carboxylic acid groups (broad SMARTS) is 2. The predicted octanol–water partition coefficient (Wildman–Crippen LogP) is 1.37. The Labute approximate surface area is 164 Å². The second kappa shape index (κ2) is 11.9. The van der Waals surface area contributed by atoms with Crippen molar-refractivity contribution in [1.29, 1.82) is 0 Å². The van der Waals surface area contributed by atoms with Crippen molar-refractivity contribution in [3.8, 4) is 0 Å². The maximum atomic E-state index is 12.4. The van der Waals surface area contributed by atoms with Crippen LogP contribution in [0.15, 0.2) is 0 Å². The molecule has 0 saturated heterocycles. The van der Waals surface area contributed by atoms with Crippen LogP contribution in [0.5, 0.6) is 0 Å². The number of carboxylic acids is 2. The van der Waals surface area contributed by atoms with Gasteiger partial charge in [-0.1, -0.05) is 0 Å². The zero-order valence-corrected chi connectivity index (χ0v) is 16.9. The molecule has 0 aliphatic rings. The lowest BCUT2D eigenvalue weighted by Crippen LogP contribution is -2.41. The van der Waals surface area contributed by atoms with Crippen molar-refractivity contribution in [3.05, 3.63) is 0 Å².